The minimum atomic E-state index is -0.434. The van der Waals surface area contributed by atoms with Gasteiger partial charge in [-0.2, -0.15) is 0 Å². The van der Waals surface area contributed by atoms with Gasteiger partial charge >= 0.3 is 0 Å². The van der Waals surface area contributed by atoms with E-state index in [2.05, 4.69) is 27.8 Å². The van der Waals surface area contributed by atoms with E-state index in [1.807, 2.05) is 23.1 Å². The van der Waals surface area contributed by atoms with Crippen molar-refractivity contribution < 1.29 is 14.0 Å². The van der Waals surface area contributed by atoms with Gasteiger partial charge < -0.3 is 4.90 Å². The molecular formula is C21H24FN5O2. The Labute approximate surface area is 168 Å². The Morgan fingerprint density at radius 3 is 2.72 bits per heavy atom. The maximum absolute atomic E-state index is 13.2. The van der Waals surface area contributed by atoms with Crippen LogP contribution in [0.3, 0.4) is 0 Å². The molecule has 0 radical (unpaired) electrons. The molecule has 0 aliphatic carbocycles. The van der Waals surface area contributed by atoms with Crippen molar-refractivity contribution in [2.75, 3.05) is 24.5 Å². The lowest BCUT2D eigenvalue weighted by Crippen LogP contribution is -2.49. The summed E-state index contributed by atoms with van der Waals surface area (Å²) in [6.45, 7) is 1.39. The number of anilines is 1. The first-order valence-electron chi connectivity index (χ1n) is 9.77. The van der Waals surface area contributed by atoms with Crippen LogP contribution in [0, 0.1) is 11.7 Å². The maximum Gasteiger partial charge on any atom is 0.257 e. The summed E-state index contributed by atoms with van der Waals surface area (Å²) in [6, 6.07) is 13.8. The number of rotatable bonds is 4. The number of nitrogens with zero attached hydrogens (tertiary/aromatic N) is 1. The first kappa shape index (κ1) is 19.4. The number of amides is 2. The van der Waals surface area contributed by atoms with Crippen LogP contribution in [0.4, 0.5) is 10.1 Å². The van der Waals surface area contributed by atoms with Gasteiger partial charge in [0.25, 0.3) is 5.91 Å². The Kier molecular flexibility index (Phi) is 5.73. The van der Waals surface area contributed by atoms with E-state index in [0.29, 0.717) is 6.54 Å². The summed E-state index contributed by atoms with van der Waals surface area (Å²) in [5.74, 6) is -1.33. The molecule has 8 heteroatoms. The van der Waals surface area contributed by atoms with Crippen LogP contribution in [-0.4, -0.2) is 31.4 Å². The van der Waals surface area contributed by atoms with E-state index in [1.165, 1.54) is 17.7 Å². The monoisotopic (exact) mass is 397 g/mol. The fourth-order valence-electron chi connectivity index (χ4n) is 3.94. The van der Waals surface area contributed by atoms with E-state index in [9.17, 15) is 14.0 Å². The van der Waals surface area contributed by atoms with Crippen molar-refractivity contribution in [3.63, 3.8) is 0 Å². The summed E-state index contributed by atoms with van der Waals surface area (Å²) >= 11 is 0. The molecule has 7 nitrogen and oxygen atoms in total. The summed E-state index contributed by atoms with van der Waals surface area (Å²) in [7, 11) is 0. The Balaban J connectivity index is 1.32. The van der Waals surface area contributed by atoms with Gasteiger partial charge in [-0.1, -0.05) is 30.3 Å². The highest BCUT2D eigenvalue weighted by Crippen LogP contribution is 2.26. The van der Waals surface area contributed by atoms with Crippen molar-refractivity contribution in [1.82, 2.24) is 21.7 Å². The standard InChI is InChI=1S/C21H24FN5O2/c22-16-9-7-15(8-10-16)20-17(12-23-25-20)21(29)26-24-19(28)13-27-11-3-5-14-4-1-2-6-18(14)27/h1-2,4,6-10,17,20,23,25H,3,5,11-13H2,(H,24,28)(H,26,29). The van der Waals surface area contributed by atoms with E-state index in [4.69, 9.17) is 0 Å². The van der Waals surface area contributed by atoms with E-state index in [-0.39, 0.29) is 30.2 Å². The van der Waals surface area contributed by atoms with Gasteiger partial charge in [-0.3, -0.25) is 25.9 Å². The number of carbonyl (C=O) groups excluding carboxylic acids is 2. The van der Waals surface area contributed by atoms with Gasteiger partial charge in [-0.05, 0) is 42.2 Å². The summed E-state index contributed by atoms with van der Waals surface area (Å²) < 4.78 is 13.2. The molecule has 0 saturated carbocycles. The molecule has 2 atom stereocenters. The van der Waals surface area contributed by atoms with Crippen molar-refractivity contribution in [2.45, 2.75) is 18.9 Å². The SMILES string of the molecule is O=C(CN1CCCc2ccccc21)NNC(=O)C1CNNC1c1ccc(F)cc1. The largest absolute Gasteiger partial charge is 0.362 e. The van der Waals surface area contributed by atoms with Gasteiger partial charge in [-0.25, -0.2) is 9.82 Å². The zero-order valence-corrected chi connectivity index (χ0v) is 16.0. The second-order valence-electron chi connectivity index (χ2n) is 7.35. The molecule has 4 rings (SSSR count). The van der Waals surface area contributed by atoms with E-state index >= 15 is 0 Å². The third-order valence-corrected chi connectivity index (χ3v) is 5.41. The number of hydrogen-bond acceptors (Lipinski definition) is 5. The molecular weight excluding hydrogens is 373 g/mol. The zero-order chi connectivity index (χ0) is 20.2. The molecule has 0 spiro atoms. The average Bonchev–Trinajstić information content (AvgIpc) is 3.23. The fraction of sp³-hybridized carbons (Fsp3) is 0.333. The second kappa shape index (κ2) is 8.59. The number of hydrogen-bond donors (Lipinski definition) is 4. The molecule has 1 fully saturated rings. The minimum Gasteiger partial charge on any atom is -0.362 e. The van der Waals surface area contributed by atoms with Crippen molar-refractivity contribution >= 4 is 17.5 Å². The van der Waals surface area contributed by atoms with Crippen LogP contribution >= 0.6 is 0 Å². The van der Waals surface area contributed by atoms with E-state index in [1.54, 1.807) is 12.1 Å². The first-order valence-corrected chi connectivity index (χ1v) is 9.77. The first-order chi connectivity index (χ1) is 14.1. The zero-order valence-electron chi connectivity index (χ0n) is 16.0. The molecule has 29 heavy (non-hydrogen) atoms. The molecule has 0 aromatic heterocycles. The summed E-state index contributed by atoms with van der Waals surface area (Å²) in [6.07, 6.45) is 2.01. The van der Waals surface area contributed by atoms with Gasteiger partial charge in [-0.15, -0.1) is 0 Å². The van der Waals surface area contributed by atoms with Crippen LogP contribution in [0.25, 0.3) is 0 Å². The van der Waals surface area contributed by atoms with E-state index in [0.717, 1.165) is 30.6 Å². The third kappa shape index (κ3) is 4.38. The highest BCUT2D eigenvalue weighted by Gasteiger charge is 2.34. The molecule has 1 saturated heterocycles. The van der Waals surface area contributed by atoms with Gasteiger partial charge in [0, 0.05) is 18.8 Å². The summed E-state index contributed by atoms with van der Waals surface area (Å²) in [5.41, 5.74) is 14.1. The van der Waals surface area contributed by atoms with Crippen LogP contribution in [0.15, 0.2) is 48.5 Å². The van der Waals surface area contributed by atoms with Crippen LogP contribution in [-0.2, 0) is 16.0 Å². The molecule has 2 aromatic rings. The molecule has 2 aliphatic heterocycles. The number of aryl methyl sites for hydroxylation is 1. The molecule has 2 amide bonds. The second-order valence-corrected chi connectivity index (χ2v) is 7.35. The topological polar surface area (TPSA) is 85.5 Å². The molecule has 0 bridgehead atoms. The van der Waals surface area contributed by atoms with Crippen molar-refractivity contribution in [1.29, 1.82) is 0 Å². The number of para-hydroxylation sites is 1. The summed E-state index contributed by atoms with van der Waals surface area (Å²) in [5, 5.41) is 0. The lowest BCUT2D eigenvalue weighted by Gasteiger charge is -2.30. The molecule has 152 valence electrons. The fourth-order valence-corrected chi connectivity index (χ4v) is 3.94. The quantitative estimate of drug-likeness (QED) is 0.583. The number of hydrazine groups is 2. The normalized spacial score (nSPS) is 20.8. The molecule has 2 aromatic carbocycles. The highest BCUT2D eigenvalue weighted by atomic mass is 19.1. The Hall–Kier alpha value is -2.97. The average molecular weight is 397 g/mol. The third-order valence-electron chi connectivity index (χ3n) is 5.41. The smallest absolute Gasteiger partial charge is 0.257 e. The van der Waals surface area contributed by atoms with Gasteiger partial charge in [0.1, 0.15) is 5.82 Å². The van der Waals surface area contributed by atoms with Crippen molar-refractivity contribution in [3.05, 3.63) is 65.5 Å². The number of carbonyl (C=O) groups is 2. The molecule has 2 unspecified atom stereocenters. The molecule has 2 heterocycles. The lowest BCUT2D eigenvalue weighted by atomic mass is 9.94. The van der Waals surface area contributed by atoms with Crippen molar-refractivity contribution in [3.8, 4) is 0 Å². The van der Waals surface area contributed by atoms with Gasteiger partial charge in [0.05, 0.1) is 18.5 Å². The van der Waals surface area contributed by atoms with E-state index < -0.39 is 5.92 Å². The summed E-state index contributed by atoms with van der Waals surface area (Å²) in [4.78, 5) is 27.0. The minimum absolute atomic E-state index is 0.180. The predicted molar refractivity (Wildman–Crippen MR) is 107 cm³/mol. The van der Waals surface area contributed by atoms with Crippen LogP contribution < -0.4 is 26.6 Å². The number of fused-ring (bicyclic) bond motifs is 1. The predicted octanol–water partition coefficient (Wildman–Crippen LogP) is 1.19. The lowest BCUT2D eigenvalue weighted by molar-refractivity contribution is -0.130. The van der Waals surface area contributed by atoms with Crippen LogP contribution in [0.2, 0.25) is 0 Å². The van der Waals surface area contributed by atoms with Crippen LogP contribution in [0.1, 0.15) is 23.6 Å². The van der Waals surface area contributed by atoms with Gasteiger partial charge in [0.2, 0.25) is 5.91 Å². The maximum atomic E-state index is 13.2. The Bertz CT molecular complexity index is 889. The molecule has 2 aliphatic rings. The highest BCUT2D eigenvalue weighted by molar-refractivity contribution is 5.86. The van der Waals surface area contributed by atoms with Gasteiger partial charge in [0.15, 0.2) is 0 Å². The number of benzene rings is 2. The number of nitrogens with one attached hydrogen (secondary N) is 4. The Morgan fingerprint density at radius 2 is 1.90 bits per heavy atom. The number of halogens is 1. The van der Waals surface area contributed by atoms with Crippen molar-refractivity contribution in [2.24, 2.45) is 5.92 Å². The molecule has 4 N–H and O–H groups in total. The van der Waals surface area contributed by atoms with Crippen LogP contribution in [0.5, 0.6) is 0 Å². The Morgan fingerprint density at radius 1 is 1.10 bits per heavy atom.